The number of nitrogens with zero attached hydrogens (tertiary/aromatic N) is 3. The van der Waals surface area contributed by atoms with Gasteiger partial charge in [0.25, 0.3) is 5.91 Å². The Hall–Kier alpha value is -2.70. The van der Waals surface area contributed by atoms with E-state index in [-0.39, 0.29) is 29.9 Å². The number of carbonyl (C=O) groups excluding carboxylic acids is 1. The van der Waals surface area contributed by atoms with Gasteiger partial charge < -0.3 is 10.4 Å². The summed E-state index contributed by atoms with van der Waals surface area (Å²) < 4.78 is 0. The molecule has 0 aliphatic rings. The molecule has 0 spiro atoms. The second-order valence-electron chi connectivity index (χ2n) is 6.67. The SMILES string of the molecule is C[C@@H](CCCc1ccccc1)NC(=O)c1nn(-c2ccc(Cl)cc2)nc1CO. The van der Waals surface area contributed by atoms with Crippen molar-refractivity contribution in [3.63, 3.8) is 0 Å². The smallest absolute Gasteiger partial charge is 0.274 e. The van der Waals surface area contributed by atoms with Gasteiger partial charge in [0, 0.05) is 11.1 Å². The lowest BCUT2D eigenvalue weighted by molar-refractivity contribution is 0.0929. The molecule has 3 aromatic rings. The zero-order chi connectivity index (χ0) is 19.9. The molecule has 1 aromatic heterocycles. The average Bonchev–Trinajstić information content (AvgIpc) is 3.14. The molecule has 0 aliphatic heterocycles. The number of rotatable bonds is 8. The predicted octanol–water partition coefficient (Wildman–Crippen LogP) is 3.55. The van der Waals surface area contributed by atoms with Crippen molar-refractivity contribution in [2.75, 3.05) is 0 Å². The van der Waals surface area contributed by atoms with Gasteiger partial charge in [-0.3, -0.25) is 4.79 Å². The number of aryl methyl sites for hydroxylation is 1. The van der Waals surface area contributed by atoms with Gasteiger partial charge in [0.15, 0.2) is 5.69 Å². The standard InChI is InChI=1S/C21H23ClN4O2/c1-15(6-5-9-16-7-3-2-4-8-16)23-21(28)20-19(14-27)24-26(25-20)18-12-10-17(22)11-13-18/h2-4,7-8,10-13,15,27H,5-6,9,14H2,1H3,(H,23,28)/t15-/m0/s1. The van der Waals surface area contributed by atoms with Gasteiger partial charge in [0.1, 0.15) is 5.69 Å². The maximum absolute atomic E-state index is 12.6. The Kier molecular flexibility index (Phi) is 6.79. The molecule has 1 heterocycles. The highest BCUT2D eigenvalue weighted by molar-refractivity contribution is 6.30. The number of aromatic nitrogens is 3. The Morgan fingerprint density at radius 3 is 2.54 bits per heavy atom. The van der Waals surface area contributed by atoms with Crippen LogP contribution in [0.5, 0.6) is 0 Å². The third-order valence-corrected chi connectivity index (χ3v) is 4.68. The van der Waals surface area contributed by atoms with Crippen LogP contribution >= 0.6 is 11.6 Å². The quantitative estimate of drug-likeness (QED) is 0.608. The molecule has 0 saturated carbocycles. The Balaban J connectivity index is 1.60. The normalized spacial score (nSPS) is 12.0. The molecule has 0 unspecified atom stereocenters. The minimum Gasteiger partial charge on any atom is -0.390 e. The minimum absolute atomic E-state index is 0.0107. The van der Waals surface area contributed by atoms with Crippen molar-refractivity contribution in [2.24, 2.45) is 0 Å². The van der Waals surface area contributed by atoms with Gasteiger partial charge in [-0.1, -0.05) is 41.9 Å². The van der Waals surface area contributed by atoms with Crippen molar-refractivity contribution in [1.29, 1.82) is 0 Å². The molecule has 2 aromatic carbocycles. The third-order valence-electron chi connectivity index (χ3n) is 4.43. The molecule has 146 valence electrons. The van der Waals surface area contributed by atoms with Crippen LogP contribution in [0.1, 0.15) is 41.5 Å². The van der Waals surface area contributed by atoms with Gasteiger partial charge in [0.05, 0.1) is 12.3 Å². The molecule has 1 atom stereocenters. The van der Waals surface area contributed by atoms with E-state index in [0.717, 1.165) is 19.3 Å². The van der Waals surface area contributed by atoms with E-state index in [2.05, 4.69) is 27.6 Å². The highest BCUT2D eigenvalue weighted by atomic mass is 35.5. The van der Waals surface area contributed by atoms with Crippen LogP contribution in [-0.4, -0.2) is 32.0 Å². The molecule has 6 nitrogen and oxygen atoms in total. The summed E-state index contributed by atoms with van der Waals surface area (Å²) in [6.45, 7) is 1.60. The average molecular weight is 399 g/mol. The number of benzene rings is 2. The number of hydrogen-bond acceptors (Lipinski definition) is 4. The van der Waals surface area contributed by atoms with Gasteiger partial charge >= 0.3 is 0 Å². The molecule has 0 saturated heterocycles. The molecule has 3 rings (SSSR count). The number of carbonyl (C=O) groups is 1. The number of halogens is 1. The largest absolute Gasteiger partial charge is 0.390 e. The fourth-order valence-corrected chi connectivity index (χ4v) is 3.06. The predicted molar refractivity (Wildman–Crippen MR) is 109 cm³/mol. The topological polar surface area (TPSA) is 80.0 Å². The number of nitrogens with one attached hydrogen (secondary N) is 1. The van der Waals surface area contributed by atoms with E-state index in [9.17, 15) is 9.90 Å². The van der Waals surface area contributed by atoms with E-state index < -0.39 is 0 Å². The Morgan fingerprint density at radius 2 is 1.86 bits per heavy atom. The van der Waals surface area contributed by atoms with Crippen LogP contribution in [0.2, 0.25) is 5.02 Å². The van der Waals surface area contributed by atoms with Crippen molar-refractivity contribution in [2.45, 2.75) is 38.8 Å². The zero-order valence-corrected chi connectivity index (χ0v) is 16.4. The van der Waals surface area contributed by atoms with E-state index in [1.165, 1.54) is 10.4 Å². The number of aliphatic hydroxyl groups excluding tert-OH is 1. The zero-order valence-electron chi connectivity index (χ0n) is 15.7. The van der Waals surface area contributed by atoms with Crippen LogP contribution in [0.15, 0.2) is 54.6 Å². The monoisotopic (exact) mass is 398 g/mol. The minimum atomic E-state index is -0.362. The van der Waals surface area contributed by atoms with E-state index in [4.69, 9.17) is 11.6 Å². The summed E-state index contributed by atoms with van der Waals surface area (Å²) in [4.78, 5) is 13.9. The van der Waals surface area contributed by atoms with Gasteiger partial charge in [-0.15, -0.1) is 10.2 Å². The van der Waals surface area contributed by atoms with Crippen molar-refractivity contribution in [3.8, 4) is 5.69 Å². The van der Waals surface area contributed by atoms with E-state index in [1.807, 2.05) is 25.1 Å². The van der Waals surface area contributed by atoms with Crippen molar-refractivity contribution in [3.05, 3.63) is 76.6 Å². The maximum Gasteiger partial charge on any atom is 0.274 e. The van der Waals surface area contributed by atoms with Gasteiger partial charge in [0.2, 0.25) is 0 Å². The molecule has 7 heteroatoms. The number of hydrogen-bond donors (Lipinski definition) is 2. The second-order valence-corrected chi connectivity index (χ2v) is 7.11. The lowest BCUT2D eigenvalue weighted by Crippen LogP contribution is -2.33. The van der Waals surface area contributed by atoms with Gasteiger partial charge in [-0.25, -0.2) is 0 Å². The molecule has 0 radical (unpaired) electrons. The molecule has 0 fully saturated rings. The van der Waals surface area contributed by atoms with Crippen LogP contribution in [0.3, 0.4) is 0 Å². The van der Waals surface area contributed by atoms with Crippen molar-refractivity contribution >= 4 is 17.5 Å². The first-order valence-corrected chi connectivity index (χ1v) is 9.62. The van der Waals surface area contributed by atoms with E-state index in [1.54, 1.807) is 24.3 Å². The van der Waals surface area contributed by atoms with Crippen LogP contribution in [0, 0.1) is 0 Å². The Labute approximate surface area is 169 Å². The molecule has 0 aliphatic carbocycles. The molecule has 0 bridgehead atoms. The first-order valence-electron chi connectivity index (χ1n) is 9.24. The van der Waals surface area contributed by atoms with Gasteiger partial charge in [-0.05, 0) is 56.0 Å². The maximum atomic E-state index is 12.6. The van der Waals surface area contributed by atoms with Crippen LogP contribution < -0.4 is 5.32 Å². The molecular weight excluding hydrogens is 376 g/mol. The van der Waals surface area contributed by atoms with Crippen LogP contribution in [0.25, 0.3) is 5.69 Å². The highest BCUT2D eigenvalue weighted by Gasteiger charge is 2.20. The summed E-state index contributed by atoms with van der Waals surface area (Å²) in [5.41, 5.74) is 2.32. The Morgan fingerprint density at radius 1 is 1.14 bits per heavy atom. The summed E-state index contributed by atoms with van der Waals surface area (Å²) in [6.07, 6.45) is 2.78. The lowest BCUT2D eigenvalue weighted by Gasteiger charge is -2.13. The lowest BCUT2D eigenvalue weighted by atomic mass is 10.1. The molecule has 2 N–H and O–H groups in total. The van der Waals surface area contributed by atoms with Crippen molar-refractivity contribution in [1.82, 2.24) is 20.3 Å². The van der Waals surface area contributed by atoms with Crippen LogP contribution in [0.4, 0.5) is 0 Å². The summed E-state index contributed by atoms with van der Waals surface area (Å²) >= 11 is 5.90. The summed E-state index contributed by atoms with van der Waals surface area (Å²) in [5.74, 6) is -0.337. The molecule has 28 heavy (non-hydrogen) atoms. The third kappa shape index (κ3) is 5.18. The molecular formula is C21H23ClN4O2. The fraction of sp³-hybridized carbons (Fsp3) is 0.286. The highest BCUT2D eigenvalue weighted by Crippen LogP contribution is 2.14. The molecule has 1 amide bonds. The second kappa shape index (κ2) is 9.48. The van der Waals surface area contributed by atoms with E-state index >= 15 is 0 Å². The summed E-state index contributed by atoms with van der Waals surface area (Å²) in [5, 5.41) is 21.6. The van der Waals surface area contributed by atoms with Crippen LogP contribution in [-0.2, 0) is 13.0 Å². The van der Waals surface area contributed by atoms with E-state index in [0.29, 0.717) is 10.7 Å². The van der Waals surface area contributed by atoms with Gasteiger partial charge in [-0.2, -0.15) is 4.80 Å². The fourth-order valence-electron chi connectivity index (χ4n) is 2.93. The Bertz CT molecular complexity index is 910. The number of amides is 1. The summed E-state index contributed by atoms with van der Waals surface area (Å²) in [7, 11) is 0. The van der Waals surface area contributed by atoms with Crippen molar-refractivity contribution < 1.29 is 9.90 Å². The first-order chi connectivity index (χ1) is 13.6. The first kappa shape index (κ1) is 20.0. The number of aliphatic hydroxyl groups is 1. The summed E-state index contributed by atoms with van der Waals surface area (Å²) in [6, 6.07) is 17.2.